The van der Waals surface area contributed by atoms with Crippen molar-refractivity contribution < 1.29 is 4.74 Å². The first-order valence-electron chi connectivity index (χ1n) is 6.03. The van der Waals surface area contributed by atoms with Crippen LogP contribution in [0.25, 0.3) is 0 Å². The molecule has 0 atom stereocenters. The van der Waals surface area contributed by atoms with E-state index in [1.165, 1.54) is 0 Å². The number of guanidine groups is 1. The number of nitrogens with one attached hydrogen (secondary N) is 1. The van der Waals surface area contributed by atoms with Gasteiger partial charge in [0.2, 0.25) is 0 Å². The molecular formula is C15H18IN3O. The van der Waals surface area contributed by atoms with Gasteiger partial charge in [-0.3, -0.25) is 0 Å². The predicted octanol–water partition coefficient (Wildman–Crippen LogP) is 3.24. The third-order valence-electron chi connectivity index (χ3n) is 2.64. The van der Waals surface area contributed by atoms with Gasteiger partial charge in [0.05, 0.1) is 13.7 Å². The van der Waals surface area contributed by atoms with Crippen molar-refractivity contribution >= 4 is 35.6 Å². The van der Waals surface area contributed by atoms with Crippen molar-refractivity contribution in [2.75, 3.05) is 12.4 Å². The number of ether oxygens (including phenoxy) is 1. The summed E-state index contributed by atoms with van der Waals surface area (Å²) in [5.74, 6) is 1.24. The van der Waals surface area contributed by atoms with Gasteiger partial charge in [-0.2, -0.15) is 0 Å². The smallest absolute Gasteiger partial charge is 0.193 e. The number of para-hydroxylation sites is 1. The van der Waals surface area contributed by atoms with Crippen molar-refractivity contribution in [3.05, 3.63) is 60.2 Å². The summed E-state index contributed by atoms with van der Waals surface area (Å²) in [6.45, 7) is 0.537. The van der Waals surface area contributed by atoms with Crippen LogP contribution in [0.4, 0.5) is 5.69 Å². The number of nitrogens with two attached hydrogens (primary N) is 1. The van der Waals surface area contributed by atoms with Gasteiger partial charge in [-0.1, -0.05) is 30.3 Å². The first-order chi connectivity index (χ1) is 9.28. The fourth-order valence-electron chi connectivity index (χ4n) is 1.62. The number of halogens is 1. The Bertz CT molecular complexity index is 541. The molecule has 2 aromatic carbocycles. The van der Waals surface area contributed by atoms with Gasteiger partial charge in [0.15, 0.2) is 5.96 Å². The van der Waals surface area contributed by atoms with E-state index in [9.17, 15) is 0 Å². The summed E-state index contributed by atoms with van der Waals surface area (Å²) in [4.78, 5) is 4.29. The van der Waals surface area contributed by atoms with E-state index in [0.717, 1.165) is 17.0 Å². The van der Waals surface area contributed by atoms with Crippen LogP contribution in [0.1, 0.15) is 5.56 Å². The third-order valence-corrected chi connectivity index (χ3v) is 2.64. The van der Waals surface area contributed by atoms with Crippen LogP contribution in [0.3, 0.4) is 0 Å². The molecule has 2 aromatic rings. The second kappa shape index (κ2) is 8.42. The van der Waals surface area contributed by atoms with E-state index in [0.29, 0.717) is 12.5 Å². The Labute approximate surface area is 136 Å². The van der Waals surface area contributed by atoms with Gasteiger partial charge in [0.1, 0.15) is 5.75 Å². The Kier molecular flexibility index (Phi) is 6.86. The Morgan fingerprint density at radius 1 is 1.10 bits per heavy atom. The minimum Gasteiger partial charge on any atom is -0.497 e. The number of hydrogen-bond acceptors (Lipinski definition) is 2. The first kappa shape index (κ1) is 16.3. The third kappa shape index (κ3) is 5.08. The van der Waals surface area contributed by atoms with Crippen molar-refractivity contribution in [1.82, 2.24) is 0 Å². The molecule has 4 nitrogen and oxygen atoms in total. The lowest BCUT2D eigenvalue weighted by molar-refractivity contribution is 0.414. The van der Waals surface area contributed by atoms with Crippen LogP contribution in [0, 0.1) is 0 Å². The lowest BCUT2D eigenvalue weighted by atomic mass is 10.2. The maximum absolute atomic E-state index is 5.82. The fraction of sp³-hybridized carbons (Fsp3) is 0.133. The van der Waals surface area contributed by atoms with Crippen LogP contribution in [0.5, 0.6) is 5.75 Å². The molecule has 0 radical (unpaired) electrons. The standard InChI is InChI=1S/C15H17N3O.HI/c1-19-14-9-7-12(8-10-14)11-17-15(16)18-13-5-3-2-4-6-13;/h2-10H,11H2,1H3,(H3,16,17,18);1H. The highest BCUT2D eigenvalue weighted by atomic mass is 127. The summed E-state index contributed by atoms with van der Waals surface area (Å²) in [6, 6.07) is 17.5. The summed E-state index contributed by atoms with van der Waals surface area (Å²) in [5, 5.41) is 3.04. The van der Waals surface area contributed by atoms with Crippen LogP contribution < -0.4 is 15.8 Å². The maximum Gasteiger partial charge on any atom is 0.193 e. The highest BCUT2D eigenvalue weighted by Crippen LogP contribution is 2.12. The monoisotopic (exact) mass is 383 g/mol. The molecular weight excluding hydrogens is 365 g/mol. The van der Waals surface area contributed by atoms with Crippen molar-refractivity contribution in [2.45, 2.75) is 6.54 Å². The van der Waals surface area contributed by atoms with E-state index < -0.39 is 0 Å². The summed E-state index contributed by atoms with van der Waals surface area (Å²) in [6.07, 6.45) is 0. The number of methoxy groups -OCH3 is 1. The normalized spacial score (nSPS) is 10.6. The second-order valence-corrected chi connectivity index (χ2v) is 4.04. The molecule has 3 N–H and O–H groups in total. The van der Waals surface area contributed by atoms with Crippen LogP contribution in [-0.2, 0) is 6.54 Å². The Balaban J connectivity index is 0.00000200. The van der Waals surface area contributed by atoms with Crippen LogP contribution >= 0.6 is 24.0 Å². The van der Waals surface area contributed by atoms with Crippen LogP contribution in [-0.4, -0.2) is 13.1 Å². The quantitative estimate of drug-likeness (QED) is 0.484. The molecule has 0 unspecified atom stereocenters. The lowest BCUT2D eigenvalue weighted by Gasteiger charge is -2.05. The molecule has 106 valence electrons. The van der Waals surface area contributed by atoms with Gasteiger partial charge in [-0.25, -0.2) is 4.99 Å². The highest BCUT2D eigenvalue weighted by molar-refractivity contribution is 14.0. The zero-order valence-electron chi connectivity index (χ0n) is 11.2. The van der Waals surface area contributed by atoms with Crippen molar-refractivity contribution in [3.63, 3.8) is 0 Å². The Morgan fingerprint density at radius 2 is 1.75 bits per heavy atom. The molecule has 0 amide bonds. The molecule has 0 spiro atoms. The summed E-state index contributed by atoms with van der Waals surface area (Å²) < 4.78 is 5.10. The maximum atomic E-state index is 5.82. The van der Waals surface area contributed by atoms with E-state index in [1.54, 1.807) is 7.11 Å². The number of benzene rings is 2. The van der Waals surface area contributed by atoms with E-state index in [2.05, 4.69) is 10.3 Å². The van der Waals surface area contributed by atoms with Gasteiger partial charge in [-0.05, 0) is 29.8 Å². The molecule has 0 fully saturated rings. The average molecular weight is 383 g/mol. The molecule has 2 rings (SSSR count). The summed E-state index contributed by atoms with van der Waals surface area (Å²) in [7, 11) is 1.65. The number of hydrogen-bond donors (Lipinski definition) is 2. The predicted molar refractivity (Wildman–Crippen MR) is 93.8 cm³/mol. The molecule has 5 heteroatoms. The van der Waals surface area contributed by atoms with Gasteiger partial charge in [0.25, 0.3) is 0 Å². The first-order valence-corrected chi connectivity index (χ1v) is 6.03. The molecule has 0 aromatic heterocycles. The van der Waals surface area contributed by atoms with Crippen molar-refractivity contribution in [2.24, 2.45) is 10.7 Å². The van der Waals surface area contributed by atoms with Crippen molar-refractivity contribution in [1.29, 1.82) is 0 Å². The van der Waals surface area contributed by atoms with E-state index in [4.69, 9.17) is 10.5 Å². The SMILES string of the molecule is COc1ccc(CN=C(N)Nc2ccccc2)cc1.I. The minimum absolute atomic E-state index is 0. The number of aliphatic imine (C=N–C) groups is 1. The summed E-state index contributed by atoms with van der Waals surface area (Å²) in [5.41, 5.74) is 7.84. The van der Waals surface area contributed by atoms with Gasteiger partial charge >= 0.3 is 0 Å². The second-order valence-electron chi connectivity index (χ2n) is 4.04. The van der Waals surface area contributed by atoms with E-state index in [1.807, 2.05) is 54.6 Å². The molecule has 0 heterocycles. The topological polar surface area (TPSA) is 59.6 Å². The molecule has 0 saturated carbocycles. The van der Waals surface area contributed by atoms with E-state index in [-0.39, 0.29) is 24.0 Å². The highest BCUT2D eigenvalue weighted by Gasteiger charge is 1.96. The zero-order chi connectivity index (χ0) is 13.5. The molecule has 0 saturated heterocycles. The molecule has 0 aliphatic heterocycles. The Hall–Kier alpha value is -1.76. The number of nitrogens with zero attached hydrogens (tertiary/aromatic N) is 1. The lowest BCUT2D eigenvalue weighted by Crippen LogP contribution is -2.22. The van der Waals surface area contributed by atoms with E-state index >= 15 is 0 Å². The van der Waals surface area contributed by atoms with Gasteiger partial charge in [0, 0.05) is 5.69 Å². The molecule has 0 aliphatic rings. The largest absolute Gasteiger partial charge is 0.497 e. The number of anilines is 1. The van der Waals surface area contributed by atoms with Gasteiger partial charge < -0.3 is 15.8 Å². The molecule has 20 heavy (non-hydrogen) atoms. The average Bonchev–Trinajstić information content (AvgIpc) is 2.47. The number of rotatable bonds is 4. The minimum atomic E-state index is 0. The zero-order valence-corrected chi connectivity index (χ0v) is 13.6. The molecule has 0 bridgehead atoms. The van der Waals surface area contributed by atoms with Gasteiger partial charge in [-0.15, -0.1) is 24.0 Å². The summed E-state index contributed by atoms with van der Waals surface area (Å²) >= 11 is 0. The fourth-order valence-corrected chi connectivity index (χ4v) is 1.62. The van der Waals surface area contributed by atoms with Crippen LogP contribution in [0.2, 0.25) is 0 Å². The molecule has 0 aliphatic carbocycles. The van der Waals surface area contributed by atoms with Crippen LogP contribution in [0.15, 0.2) is 59.6 Å². The Morgan fingerprint density at radius 3 is 2.35 bits per heavy atom. The van der Waals surface area contributed by atoms with Crippen molar-refractivity contribution in [3.8, 4) is 5.75 Å².